The van der Waals surface area contributed by atoms with Crippen molar-refractivity contribution in [2.24, 2.45) is 4.99 Å². The summed E-state index contributed by atoms with van der Waals surface area (Å²) in [4.78, 5) is 12.6. The SMILES string of the molecule is CCN1/C(=C\C=N\c2nc3ccccc3s2)Sc2ccccc21. The summed E-state index contributed by atoms with van der Waals surface area (Å²) in [6.07, 6.45) is 3.93. The van der Waals surface area contributed by atoms with E-state index in [9.17, 15) is 0 Å². The lowest BCUT2D eigenvalue weighted by Gasteiger charge is -2.17. The Kier molecular flexibility index (Phi) is 3.89. The highest BCUT2D eigenvalue weighted by atomic mass is 32.2. The minimum absolute atomic E-state index is 0.798. The molecule has 0 spiro atoms. The fourth-order valence-corrected chi connectivity index (χ4v) is 4.52. The van der Waals surface area contributed by atoms with Gasteiger partial charge in [0.05, 0.1) is 20.9 Å². The van der Waals surface area contributed by atoms with Crippen molar-refractivity contribution < 1.29 is 0 Å². The lowest BCUT2D eigenvalue weighted by Crippen LogP contribution is -2.16. The molecule has 0 aliphatic carbocycles. The molecule has 0 unspecified atom stereocenters. The number of allylic oxidation sites excluding steroid dienone is 1. The number of thioether (sulfide) groups is 1. The molecule has 5 heteroatoms. The van der Waals surface area contributed by atoms with Crippen LogP contribution in [0.1, 0.15) is 6.92 Å². The van der Waals surface area contributed by atoms with E-state index in [-0.39, 0.29) is 0 Å². The number of para-hydroxylation sites is 2. The van der Waals surface area contributed by atoms with E-state index in [1.54, 1.807) is 23.1 Å². The van der Waals surface area contributed by atoms with Gasteiger partial charge >= 0.3 is 0 Å². The van der Waals surface area contributed by atoms with Crippen molar-refractivity contribution in [1.82, 2.24) is 4.98 Å². The first kappa shape index (κ1) is 14.5. The fraction of sp³-hybridized carbons (Fsp3) is 0.111. The molecule has 1 aliphatic heterocycles. The predicted molar refractivity (Wildman–Crippen MR) is 101 cm³/mol. The summed E-state index contributed by atoms with van der Waals surface area (Å²) in [5.74, 6) is 0. The molecule has 1 aliphatic rings. The Morgan fingerprint density at radius 2 is 1.96 bits per heavy atom. The maximum Gasteiger partial charge on any atom is 0.210 e. The van der Waals surface area contributed by atoms with Gasteiger partial charge < -0.3 is 4.90 Å². The molecule has 23 heavy (non-hydrogen) atoms. The van der Waals surface area contributed by atoms with Gasteiger partial charge in [0.25, 0.3) is 0 Å². The summed E-state index contributed by atoms with van der Waals surface area (Å²) in [7, 11) is 0. The molecular formula is C18H15N3S2. The lowest BCUT2D eigenvalue weighted by atomic mass is 10.3. The van der Waals surface area contributed by atoms with Crippen LogP contribution in [0.4, 0.5) is 10.8 Å². The number of aliphatic imine (C=N–C) groups is 1. The third-order valence-electron chi connectivity index (χ3n) is 3.64. The number of hydrogen-bond donors (Lipinski definition) is 0. The number of thiazole rings is 1. The van der Waals surface area contributed by atoms with Crippen LogP contribution in [0.3, 0.4) is 0 Å². The first-order chi connectivity index (χ1) is 11.3. The maximum absolute atomic E-state index is 4.53. The van der Waals surface area contributed by atoms with E-state index in [2.05, 4.69) is 58.2 Å². The molecule has 0 amide bonds. The Morgan fingerprint density at radius 3 is 2.83 bits per heavy atom. The van der Waals surface area contributed by atoms with Gasteiger partial charge in [-0.05, 0) is 37.3 Å². The summed E-state index contributed by atoms with van der Waals surface area (Å²) < 4.78 is 1.17. The molecule has 2 heterocycles. The smallest absolute Gasteiger partial charge is 0.210 e. The molecule has 0 N–H and O–H groups in total. The van der Waals surface area contributed by atoms with Crippen LogP contribution in [-0.2, 0) is 0 Å². The number of benzene rings is 2. The van der Waals surface area contributed by atoms with Gasteiger partial charge in [0.15, 0.2) is 0 Å². The largest absolute Gasteiger partial charge is 0.335 e. The van der Waals surface area contributed by atoms with E-state index >= 15 is 0 Å². The molecule has 0 atom stereocenters. The summed E-state index contributed by atoms with van der Waals surface area (Å²) in [5.41, 5.74) is 2.29. The Hall–Kier alpha value is -2.11. The second-order valence-electron chi connectivity index (χ2n) is 5.06. The van der Waals surface area contributed by atoms with Crippen LogP contribution in [0.5, 0.6) is 0 Å². The van der Waals surface area contributed by atoms with Gasteiger partial charge in [0, 0.05) is 17.7 Å². The molecule has 0 saturated carbocycles. The number of anilines is 1. The highest BCUT2D eigenvalue weighted by Crippen LogP contribution is 2.45. The second kappa shape index (κ2) is 6.18. The van der Waals surface area contributed by atoms with Gasteiger partial charge in [-0.3, -0.25) is 0 Å². The molecule has 3 nitrogen and oxygen atoms in total. The van der Waals surface area contributed by atoms with Gasteiger partial charge in [0.1, 0.15) is 0 Å². The van der Waals surface area contributed by atoms with Crippen LogP contribution >= 0.6 is 23.1 Å². The minimum atomic E-state index is 0.798. The molecule has 2 aromatic carbocycles. The van der Waals surface area contributed by atoms with Crippen molar-refractivity contribution in [3.05, 3.63) is 59.6 Å². The maximum atomic E-state index is 4.53. The first-order valence-corrected chi connectivity index (χ1v) is 9.13. The Morgan fingerprint density at radius 1 is 1.13 bits per heavy atom. The van der Waals surface area contributed by atoms with Gasteiger partial charge in [-0.2, -0.15) is 0 Å². The van der Waals surface area contributed by atoms with Crippen molar-refractivity contribution in [2.75, 3.05) is 11.4 Å². The van der Waals surface area contributed by atoms with Gasteiger partial charge in [-0.15, -0.1) is 0 Å². The molecule has 0 bridgehead atoms. The van der Waals surface area contributed by atoms with Crippen molar-refractivity contribution in [3.63, 3.8) is 0 Å². The van der Waals surface area contributed by atoms with Crippen molar-refractivity contribution in [2.45, 2.75) is 11.8 Å². The molecule has 0 saturated heterocycles. The molecule has 0 radical (unpaired) electrons. The van der Waals surface area contributed by atoms with Crippen LogP contribution in [0, 0.1) is 0 Å². The second-order valence-corrected chi connectivity index (χ2v) is 7.13. The van der Waals surface area contributed by atoms with Gasteiger partial charge in [-0.1, -0.05) is 47.4 Å². The zero-order valence-electron chi connectivity index (χ0n) is 12.6. The number of fused-ring (bicyclic) bond motifs is 2. The molecular weight excluding hydrogens is 322 g/mol. The average molecular weight is 337 g/mol. The lowest BCUT2D eigenvalue weighted by molar-refractivity contribution is 1.00. The third-order valence-corrected chi connectivity index (χ3v) is 5.71. The van der Waals surface area contributed by atoms with Crippen LogP contribution in [0.2, 0.25) is 0 Å². The molecule has 0 fully saturated rings. The van der Waals surface area contributed by atoms with Crippen molar-refractivity contribution in [1.29, 1.82) is 0 Å². The molecule has 1 aromatic heterocycles. The van der Waals surface area contributed by atoms with Gasteiger partial charge in [-0.25, -0.2) is 9.98 Å². The van der Waals surface area contributed by atoms with E-state index in [0.29, 0.717) is 0 Å². The zero-order chi connectivity index (χ0) is 15.6. The van der Waals surface area contributed by atoms with Crippen LogP contribution in [0.15, 0.2) is 69.5 Å². The fourth-order valence-electron chi connectivity index (χ4n) is 2.58. The average Bonchev–Trinajstić information content (AvgIpc) is 3.14. The highest BCUT2D eigenvalue weighted by molar-refractivity contribution is 8.03. The van der Waals surface area contributed by atoms with E-state index in [0.717, 1.165) is 17.2 Å². The van der Waals surface area contributed by atoms with Crippen molar-refractivity contribution >= 4 is 50.3 Å². The first-order valence-electron chi connectivity index (χ1n) is 7.49. The predicted octanol–water partition coefficient (Wildman–Crippen LogP) is 5.47. The molecule has 4 rings (SSSR count). The monoisotopic (exact) mass is 337 g/mol. The highest BCUT2D eigenvalue weighted by Gasteiger charge is 2.22. The van der Waals surface area contributed by atoms with E-state index in [1.165, 1.54) is 20.3 Å². The summed E-state index contributed by atoms with van der Waals surface area (Å²) in [5, 5.41) is 2.00. The minimum Gasteiger partial charge on any atom is -0.335 e. The van der Waals surface area contributed by atoms with Crippen molar-refractivity contribution in [3.8, 4) is 0 Å². The summed E-state index contributed by atoms with van der Waals surface area (Å²) in [6, 6.07) is 16.6. The standard InChI is InChI=1S/C18H15N3S2/c1-2-21-14-8-4-6-10-16(14)22-17(21)11-12-19-18-20-13-7-3-5-9-15(13)23-18/h3-12H,2H2,1H3/b17-11+,19-12+. The summed E-state index contributed by atoms with van der Waals surface area (Å²) >= 11 is 3.40. The van der Waals surface area contributed by atoms with Crippen LogP contribution in [0.25, 0.3) is 10.2 Å². The number of hydrogen-bond acceptors (Lipinski definition) is 5. The Bertz CT molecular complexity index is 878. The number of nitrogens with zero attached hydrogens (tertiary/aromatic N) is 3. The van der Waals surface area contributed by atoms with E-state index < -0.39 is 0 Å². The topological polar surface area (TPSA) is 28.5 Å². The summed E-state index contributed by atoms with van der Waals surface area (Å²) in [6.45, 7) is 3.12. The number of rotatable bonds is 3. The number of aromatic nitrogens is 1. The molecule has 114 valence electrons. The quantitative estimate of drug-likeness (QED) is 0.593. The Labute approximate surface area is 143 Å². The van der Waals surface area contributed by atoms with Gasteiger partial charge in [0.2, 0.25) is 5.13 Å². The van der Waals surface area contributed by atoms with Crippen LogP contribution in [-0.4, -0.2) is 17.7 Å². The molecule has 3 aromatic rings. The normalized spacial score (nSPS) is 15.9. The zero-order valence-corrected chi connectivity index (χ0v) is 14.3. The Balaban J connectivity index is 1.59. The van der Waals surface area contributed by atoms with Crippen LogP contribution < -0.4 is 4.90 Å². The van der Waals surface area contributed by atoms with E-state index in [1.807, 2.05) is 24.4 Å². The van der Waals surface area contributed by atoms with E-state index in [4.69, 9.17) is 0 Å². The third kappa shape index (κ3) is 2.78.